The molecule has 0 aliphatic rings. The van der Waals surface area contributed by atoms with Crippen LogP contribution in [0.4, 0.5) is 8.78 Å². The zero-order chi connectivity index (χ0) is 19.2. The van der Waals surface area contributed by atoms with E-state index in [1.165, 1.54) is 34.4 Å². The maximum atomic E-state index is 13.5. The van der Waals surface area contributed by atoms with Crippen molar-refractivity contribution in [3.05, 3.63) is 71.2 Å². The summed E-state index contributed by atoms with van der Waals surface area (Å²) in [6.45, 7) is 0.517. The minimum atomic E-state index is -0.432. The van der Waals surface area contributed by atoms with E-state index in [-0.39, 0.29) is 30.5 Å². The molecule has 0 fully saturated rings. The summed E-state index contributed by atoms with van der Waals surface area (Å²) < 4.78 is 32.2. The molecule has 3 rings (SSSR count). The van der Waals surface area contributed by atoms with Crippen molar-refractivity contribution >= 4 is 17.2 Å². The van der Waals surface area contributed by atoms with Crippen molar-refractivity contribution in [3.63, 3.8) is 0 Å². The zero-order valence-electron chi connectivity index (χ0n) is 14.7. The molecule has 27 heavy (non-hydrogen) atoms. The fourth-order valence-electron chi connectivity index (χ4n) is 2.41. The van der Waals surface area contributed by atoms with Gasteiger partial charge in [0.05, 0.1) is 18.7 Å². The number of aromatic nitrogens is 1. The van der Waals surface area contributed by atoms with Crippen molar-refractivity contribution in [1.29, 1.82) is 0 Å². The summed E-state index contributed by atoms with van der Waals surface area (Å²) in [4.78, 5) is 18.2. The molecule has 0 saturated carbocycles. The standard InChI is InChI=1S/C20H18F2N2O2S/c1-24(9-10-26-18-8-3-2-7-17(18)22)19(25)12-16-13-27-20(23-16)14-5-4-6-15(21)11-14/h2-8,11,13H,9-10,12H2,1H3. The molecule has 4 nitrogen and oxygen atoms in total. The van der Waals surface area contributed by atoms with Crippen LogP contribution in [0.5, 0.6) is 5.75 Å². The second kappa shape index (κ2) is 8.73. The fourth-order valence-corrected chi connectivity index (χ4v) is 3.23. The highest BCUT2D eigenvalue weighted by molar-refractivity contribution is 7.13. The number of carbonyl (C=O) groups is 1. The first-order valence-corrected chi connectivity index (χ1v) is 9.22. The maximum absolute atomic E-state index is 13.5. The van der Waals surface area contributed by atoms with Gasteiger partial charge in [0.1, 0.15) is 17.4 Å². The van der Waals surface area contributed by atoms with Crippen LogP contribution in [0.25, 0.3) is 10.6 Å². The number of rotatable bonds is 7. The molecule has 0 aliphatic carbocycles. The molecule has 3 aromatic rings. The van der Waals surface area contributed by atoms with Crippen LogP contribution in [0.2, 0.25) is 0 Å². The van der Waals surface area contributed by atoms with E-state index in [0.717, 1.165) is 0 Å². The molecule has 0 bridgehead atoms. The van der Waals surface area contributed by atoms with Gasteiger partial charge in [-0.1, -0.05) is 24.3 Å². The van der Waals surface area contributed by atoms with E-state index in [1.54, 1.807) is 42.8 Å². The Labute approximate surface area is 160 Å². The number of halogens is 2. The van der Waals surface area contributed by atoms with Gasteiger partial charge in [0.25, 0.3) is 0 Å². The Bertz CT molecular complexity index is 930. The number of carbonyl (C=O) groups excluding carboxylic acids is 1. The molecule has 0 spiro atoms. The van der Waals surface area contributed by atoms with Gasteiger partial charge in [0.2, 0.25) is 5.91 Å². The quantitative estimate of drug-likeness (QED) is 0.610. The number of nitrogens with zero attached hydrogens (tertiary/aromatic N) is 2. The van der Waals surface area contributed by atoms with Crippen LogP contribution in [0.1, 0.15) is 5.69 Å². The SMILES string of the molecule is CN(CCOc1ccccc1F)C(=O)Cc1csc(-c2cccc(F)c2)n1. The number of hydrogen-bond donors (Lipinski definition) is 0. The van der Waals surface area contributed by atoms with E-state index in [2.05, 4.69) is 4.98 Å². The number of hydrogen-bond acceptors (Lipinski definition) is 4. The third kappa shape index (κ3) is 5.10. The van der Waals surface area contributed by atoms with Gasteiger partial charge in [0, 0.05) is 18.0 Å². The fraction of sp³-hybridized carbons (Fsp3) is 0.200. The van der Waals surface area contributed by atoms with Gasteiger partial charge in [-0.2, -0.15) is 0 Å². The van der Waals surface area contributed by atoms with Crippen LogP contribution in [-0.4, -0.2) is 36.0 Å². The van der Waals surface area contributed by atoms with Crippen LogP contribution in [0.3, 0.4) is 0 Å². The predicted molar refractivity (Wildman–Crippen MR) is 101 cm³/mol. The molecule has 7 heteroatoms. The summed E-state index contributed by atoms with van der Waals surface area (Å²) in [5.74, 6) is -0.713. The molecule has 0 radical (unpaired) electrons. The van der Waals surface area contributed by atoms with Crippen LogP contribution in [-0.2, 0) is 11.2 Å². The number of ether oxygens (including phenoxy) is 1. The molecule has 0 saturated heterocycles. The monoisotopic (exact) mass is 388 g/mol. The Hall–Kier alpha value is -2.80. The van der Waals surface area contributed by atoms with Crippen molar-refractivity contribution in [2.45, 2.75) is 6.42 Å². The van der Waals surface area contributed by atoms with Crippen LogP contribution in [0, 0.1) is 11.6 Å². The minimum absolute atomic E-state index is 0.122. The van der Waals surface area contributed by atoms with E-state index in [0.29, 0.717) is 22.8 Å². The van der Waals surface area contributed by atoms with E-state index in [4.69, 9.17) is 4.74 Å². The Balaban J connectivity index is 1.52. The average Bonchev–Trinajstić information content (AvgIpc) is 3.11. The first-order valence-electron chi connectivity index (χ1n) is 8.34. The lowest BCUT2D eigenvalue weighted by Gasteiger charge is -2.17. The van der Waals surface area contributed by atoms with E-state index in [9.17, 15) is 13.6 Å². The lowest BCUT2D eigenvalue weighted by Crippen LogP contribution is -2.32. The number of para-hydroxylation sites is 1. The Morgan fingerprint density at radius 3 is 2.78 bits per heavy atom. The molecule has 2 aromatic carbocycles. The van der Waals surface area contributed by atoms with Gasteiger partial charge in [-0.3, -0.25) is 4.79 Å². The van der Waals surface area contributed by atoms with Gasteiger partial charge in [-0.15, -0.1) is 11.3 Å². The van der Waals surface area contributed by atoms with E-state index < -0.39 is 5.82 Å². The zero-order valence-corrected chi connectivity index (χ0v) is 15.5. The van der Waals surface area contributed by atoms with Gasteiger partial charge in [0.15, 0.2) is 11.6 Å². The van der Waals surface area contributed by atoms with Gasteiger partial charge in [-0.05, 0) is 24.3 Å². The van der Waals surface area contributed by atoms with Gasteiger partial charge >= 0.3 is 0 Å². The lowest BCUT2D eigenvalue weighted by atomic mass is 10.2. The summed E-state index contributed by atoms with van der Waals surface area (Å²) in [5, 5.41) is 2.46. The molecule has 0 unspecified atom stereocenters. The highest BCUT2D eigenvalue weighted by Gasteiger charge is 2.13. The third-order valence-corrected chi connectivity index (χ3v) is 4.84. The second-order valence-electron chi connectivity index (χ2n) is 5.93. The highest BCUT2D eigenvalue weighted by Crippen LogP contribution is 2.24. The minimum Gasteiger partial charge on any atom is -0.489 e. The second-order valence-corrected chi connectivity index (χ2v) is 6.78. The van der Waals surface area contributed by atoms with Crippen molar-refractivity contribution in [1.82, 2.24) is 9.88 Å². The first-order chi connectivity index (χ1) is 13.0. The maximum Gasteiger partial charge on any atom is 0.228 e. The Kier molecular flexibility index (Phi) is 6.13. The van der Waals surface area contributed by atoms with Crippen molar-refractivity contribution in [2.75, 3.05) is 20.2 Å². The number of amides is 1. The molecule has 0 atom stereocenters. The molecule has 1 amide bonds. The molecular formula is C20H18F2N2O2S. The van der Waals surface area contributed by atoms with Crippen LogP contribution >= 0.6 is 11.3 Å². The molecule has 0 N–H and O–H groups in total. The topological polar surface area (TPSA) is 42.4 Å². The normalized spacial score (nSPS) is 10.6. The Morgan fingerprint density at radius 2 is 2.00 bits per heavy atom. The largest absolute Gasteiger partial charge is 0.489 e. The summed E-state index contributed by atoms with van der Waals surface area (Å²) in [6.07, 6.45) is 0.141. The summed E-state index contributed by atoms with van der Waals surface area (Å²) in [5.41, 5.74) is 1.32. The van der Waals surface area contributed by atoms with Crippen molar-refractivity contribution in [2.24, 2.45) is 0 Å². The summed E-state index contributed by atoms with van der Waals surface area (Å²) >= 11 is 1.37. The highest BCUT2D eigenvalue weighted by atomic mass is 32.1. The molecular weight excluding hydrogens is 370 g/mol. The van der Waals surface area contributed by atoms with E-state index >= 15 is 0 Å². The lowest BCUT2D eigenvalue weighted by molar-refractivity contribution is -0.129. The number of thiazole rings is 1. The van der Waals surface area contributed by atoms with Crippen molar-refractivity contribution < 1.29 is 18.3 Å². The smallest absolute Gasteiger partial charge is 0.228 e. The summed E-state index contributed by atoms with van der Waals surface area (Å²) in [7, 11) is 1.66. The third-order valence-electron chi connectivity index (χ3n) is 3.90. The number of benzene rings is 2. The van der Waals surface area contributed by atoms with Gasteiger partial charge in [-0.25, -0.2) is 13.8 Å². The molecule has 1 aromatic heterocycles. The van der Waals surface area contributed by atoms with Crippen molar-refractivity contribution in [3.8, 4) is 16.3 Å². The van der Waals surface area contributed by atoms with Gasteiger partial charge < -0.3 is 9.64 Å². The number of likely N-dealkylation sites (N-methyl/N-ethyl adjacent to an activating group) is 1. The summed E-state index contributed by atoms with van der Waals surface area (Å²) in [6, 6.07) is 12.3. The Morgan fingerprint density at radius 1 is 1.19 bits per heavy atom. The first kappa shape index (κ1) is 19.0. The molecule has 0 aliphatic heterocycles. The molecule has 140 valence electrons. The predicted octanol–water partition coefficient (Wildman–Crippen LogP) is 4.17. The average molecular weight is 388 g/mol. The molecule has 1 heterocycles. The van der Waals surface area contributed by atoms with E-state index in [1.807, 2.05) is 0 Å². The van der Waals surface area contributed by atoms with Crippen LogP contribution in [0.15, 0.2) is 53.9 Å². The van der Waals surface area contributed by atoms with Crippen LogP contribution < -0.4 is 4.74 Å².